The zero-order valence-corrected chi connectivity index (χ0v) is 17.8. The Labute approximate surface area is 179 Å². The molecule has 9 nitrogen and oxygen atoms in total. The lowest BCUT2D eigenvalue weighted by Gasteiger charge is -2.28. The predicted molar refractivity (Wildman–Crippen MR) is 120 cm³/mol. The van der Waals surface area contributed by atoms with Crippen LogP contribution in [0.5, 0.6) is 5.75 Å². The maximum atomic E-state index is 13.1. The minimum absolute atomic E-state index is 0.274. The van der Waals surface area contributed by atoms with Crippen LogP contribution in [0, 0.1) is 11.8 Å². The van der Waals surface area contributed by atoms with E-state index in [9.17, 15) is 9.59 Å². The molecule has 4 rings (SSSR count). The van der Waals surface area contributed by atoms with Gasteiger partial charge in [-0.05, 0) is 19.1 Å². The second-order valence-corrected chi connectivity index (χ2v) is 7.29. The number of nitrogens with one attached hydrogen (secondary N) is 1. The number of aromatic nitrogens is 4. The Kier molecular flexibility index (Phi) is 6.09. The molecule has 1 aliphatic heterocycles. The van der Waals surface area contributed by atoms with Gasteiger partial charge in [-0.1, -0.05) is 24.1 Å². The Hall–Kier alpha value is -3.51. The molecule has 162 valence electrons. The summed E-state index contributed by atoms with van der Waals surface area (Å²) >= 11 is 0. The third-order valence-electron chi connectivity index (χ3n) is 5.35. The highest BCUT2D eigenvalue weighted by molar-refractivity contribution is 5.75. The molecule has 3 heterocycles. The molecule has 0 amide bonds. The first-order valence-corrected chi connectivity index (χ1v) is 10.3. The van der Waals surface area contributed by atoms with Gasteiger partial charge in [0.05, 0.1) is 13.1 Å². The van der Waals surface area contributed by atoms with Crippen LogP contribution in [0.25, 0.3) is 11.2 Å². The number of nitrogens with zero attached hydrogens (tertiary/aromatic N) is 5. The molecule has 1 aromatic carbocycles. The second kappa shape index (κ2) is 9.10. The third-order valence-corrected chi connectivity index (χ3v) is 5.35. The number of para-hydroxylation sites is 1. The molecule has 3 aromatic rings. The molecule has 0 saturated carbocycles. The summed E-state index contributed by atoms with van der Waals surface area (Å²) in [6.45, 7) is 5.85. The van der Waals surface area contributed by atoms with Gasteiger partial charge in [0.2, 0.25) is 5.95 Å². The third kappa shape index (κ3) is 4.07. The number of benzene rings is 1. The van der Waals surface area contributed by atoms with E-state index < -0.39 is 5.69 Å². The largest absolute Gasteiger partial charge is 0.492 e. The molecule has 1 saturated heterocycles. The standard InChI is InChI=1S/C22H26N6O3/c1-3-4-12-27-18-19(24-21(27)26-13-10-23-11-14-26)28(22(30)25(2)20(18)29)15-16-31-17-8-6-5-7-9-17/h5-9,23H,10-16H2,1-2H3. The van der Waals surface area contributed by atoms with Crippen LogP contribution < -0.4 is 26.2 Å². The van der Waals surface area contributed by atoms with Crippen molar-refractivity contribution in [3.63, 3.8) is 0 Å². The Bertz CT molecular complexity index is 1240. The number of rotatable bonds is 6. The van der Waals surface area contributed by atoms with Crippen LogP contribution in [0.15, 0.2) is 39.9 Å². The van der Waals surface area contributed by atoms with Gasteiger partial charge in [0.1, 0.15) is 12.4 Å². The highest BCUT2D eigenvalue weighted by Gasteiger charge is 2.24. The Balaban J connectivity index is 1.79. The number of ether oxygens (including phenoxy) is 1. The van der Waals surface area contributed by atoms with Gasteiger partial charge in [0.15, 0.2) is 11.2 Å². The predicted octanol–water partition coefficient (Wildman–Crippen LogP) is 0.409. The van der Waals surface area contributed by atoms with Crippen LogP contribution in [0.3, 0.4) is 0 Å². The summed E-state index contributed by atoms with van der Waals surface area (Å²) in [6.07, 6.45) is 0. The van der Waals surface area contributed by atoms with Gasteiger partial charge in [0.25, 0.3) is 5.56 Å². The molecule has 0 atom stereocenters. The zero-order valence-electron chi connectivity index (χ0n) is 17.8. The lowest BCUT2D eigenvalue weighted by atomic mass is 10.3. The minimum atomic E-state index is -0.410. The summed E-state index contributed by atoms with van der Waals surface area (Å²) in [4.78, 5) is 32.9. The summed E-state index contributed by atoms with van der Waals surface area (Å²) in [5.74, 6) is 7.32. The lowest BCUT2D eigenvalue weighted by Crippen LogP contribution is -2.44. The van der Waals surface area contributed by atoms with Crippen molar-refractivity contribution in [1.82, 2.24) is 24.0 Å². The van der Waals surface area contributed by atoms with Crippen LogP contribution >= 0.6 is 0 Å². The van der Waals surface area contributed by atoms with Crippen molar-refractivity contribution in [2.75, 3.05) is 37.7 Å². The van der Waals surface area contributed by atoms with Crippen LogP contribution in [0.2, 0.25) is 0 Å². The summed E-state index contributed by atoms with van der Waals surface area (Å²) in [5.41, 5.74) is -0.0199. The van der Waals surface area contributed by atoms with E-state index in [2.05, 4.69) is 22.1 Å². The average Bonchev–Trinajstić information content (AvgIpc) is 3.19. The van der Waals surface area contributed by atoms with Crippen LogP contribution in [0.1, 0.15) is 6.92 Å². The normalized spacial score (nSPS) is 13.8. The van der Waals surface area contributed by atoms with Crippen molar-refractivity contribution in [3.05, 3.63) is 51.2 Å². The summed E-state index contributed by atoms with van der Waals surface area (Å²) in [5, 5.41) is 3.32. The van der Waals surface area contributed by atoms with Gasteiger partial charge in [-0.2, -0.15) is 4.98 Å². The monoisotopic (exact) mass is 422 g/mol. The second-order valence-electron chi connectivity index (χ2n) is 7.29. The van der Waals surface area contributed by atoms with Crippen molar-refractivity contribution in [2.24, 2.45) is 7.05 Å². The fraction of sp³-hybridized carbons (Fsp3) is 0.409. The molecule has 2 aromatic heterocycles. The molecule has 31 heavy (non-hydrogen) atoms. The highest BCUT2D eigenvalue weighted by Crippen LogP contribution is 2.20. The van der Waals surface area contributed by atoms with Gasteiger partial charge in [-0.25, -0.2) is 4.79 Å². The maximum absolute atomic E-state index is 13.1. The molecule has 0 radical (unpaired) electrons. The topological polar surface area (TPSA) is 86.3 Å². The van der Waals surface area contributed by atoms with E-state index in [-0.39, 0.29) is 18.7 Å². The molecule has 1 N–H and O–H groups in total. The van der Waals surface area contributed by atoms with E-state index in [0.29, 0.717) is 23.7 Å². The van der Waals surface area contributed by atoms with E-state index >= 15 is 0 Å². The SMILES string of the molecule is CC#CCn1c(N2CCNCC2)nc2c1c(=O)n(C)c(=O)n2CCOc1ccccc1. The van der Waals surface area contributed by atoms with Crippen molar-refractivity contribution in [1.29, 1.82) is 0 Å². The Morgan fingerprint density at radius 3 is 2.58 bits per heavy atom. The van der Waals surface area contributed by atoms with E-state index in [4.69, 9.17) is 9.72 Å². The van der Waals surface area contributed by atoms with Gasteiger partial charge < -0.3 is 15.0 Å². The highest BCUT2D eigenvalue weighted by atomic mass is 16.5. The Morgan fingerprint density at radius 1 is 1.13 bits per heavy atom. The Morgan fingerprint density at radius 2 is 1.87 bits per heavy atom. The number of anilines is 1. The molecule has 9 heteroatoms. The van der Waals surface area contributed by atoms with Crippen LogP contribution in [-0.4, -0.2) is 51.5 Å². The molecule has 0 bridgehead atoms. The van der Waals surface area contributed by atoms with Gasteiger partial charge >= 0.3 is 5.69 Å². The summed E-state index contributed by atoms with van der Waals surface area (Å²) < 4.78 is 10.3. The number of hydrogen-bond acceptors (Lipinski definition) is 6. The first-order valence-electron chi connectivity index (χ1n) is 10.3. The van der Waals surface area contributed by atoms with E-state index in [1.54, 1.807) is 6.92 Å². The molecule has 1 aliphatic rings. The van der Waals surface area contributed by atoms with Crippen molar-refractivity contribution in [3.8, 4) is 17.6 Å². The first-order chi connectivity index (χ1) is 15.1. The zero-order chi connectivity index (χ0) is 21.8. The van der Waals surface area contributed by atoms with Gasteiger partial charge in [0, 0.05) is 33.2 Å². The first kappa shape index (κ1) is 20.8. The number of imidazole rings is 1. The molecule has 0 spiro atoms. The molecule has 1 fully saturated rings. The number of hydrogen-bond donors (Lipinski definition) is 1. The van der Waals surface area contributed by atoms with Crippen LogP contribution in [0.4, 0.5) is 5.95 Å². The van der Waals surface area contributed by atoms with Crippen molar-refractivity contribution in [2.45, 2.75) is 20.0 Å². The van der Waals surface area contributed by atoms with E-state index in [1.165, 1.54) is 11.6 Å². The van der Waals surface area contributed by atoms with Gasteiger partial charge in [-0.15, -0.1) is 5.92 Å². The van der Waals surface area contributed by atoms with E-state index in [1.807, 2.05) is 34.9 Å². The van der Waals surface area contributed by atoms with Crippen molar-refractivity contribution < 1.29 is 4.74 Å². The minimum Gasteiger partial charge on any atom is -0.492 e. The maximum Gasteiger partial charge on any atom is 0.332 e. The molecular weight excluding hydrogens is 396 g/mol. The average molecular weight is 422 g/mol. The fourth-order valence-corrected chi connectivity index (χ4v) is 3.73. The quantitative estimate of drug-likeness (QED) is 0.579. The summed E-state index contributed by atoms with van der Waals surface area (Å²) in [7, 11) is 1.49. The van der Waals surface area contributed by atoms with Crippen molar-refractivity contribution >= 4 is 17.1 Å². The fourth-order valence-electron chi connectivity index (χ4n) is 3.73. The number of fused-ring (bicyclic) bond motifs is 1. The molecule has 0 aliphatic carbocycles. The summed E-state index contributed by atoms with van der Waals surface area (Å²) in [6, 6.07) is 9.42. The molecular formula is C22H26N6O3. The van der Waals surface area contributed by atoms with Gasteiger partial charge in [-0.3, -0.25) is 18.5 Å². The lowest BCUT2D eigenvalue weighted by molar-refractivity contribution is 0.296. The smallest absolute Gasteiger partial charge is 0.332 e. The molecule has 0 unspecified atom stereocenters. The number of piperazine rings is 1. The van der Waals surface area contributed by atoms with Crippen LogP contribution in [-0.2, 0) is 20.1 Å². The van der Waals surface area contributed by atoms with E-state index in [0.717, 1.165) is 36.5 Å².